The van der Waals surface area contributed by atoms with Gasteiger partial charge in [0.25, 0.3) is 0 Å². The van der Waals surface area contributed by atoms with Crippen LogP contribution in [0.1, 0.15) is 11.1 Å². The first-order valence-electron chi connectivity index (χ1n) is 4.23. The van der Waals surface area contributed by atoms with Gasteiger partial charge in [-0.15, -0.1) is 0 Å². The second kappa shape index (κ2) is 4.53. The average molecular weight is 199 g/mol. The van der Waals surface area contributed by atoms with Crippen LogP contribution in [0.15, 0.2) is 17.0 Å². The molecule has 0 amide bonds. The lowest BCUT2D eigenvalue weighted by atomic mass is 10.1. The van der Waals surface area contributed by atoms with Crippen molar-refractivity contribution >= 4 is 11.8 Å². The summed E-state index contributed by atoms with van der Waals surface area (Å²) in [5.41, 5.74) is 1.81. The van der Waals surface area contributed by atoms with Gasteiger partial charge in [0.2, 0.25) is 0 Å². The molecule has 0 bridgehead atoms. The molecule has 0 aliphatic rings. The molecule has 0 aliphatic heterocycles. The number of hydrogen-bond acceptors (Lipinski definition) is 2. The standard InChI is InChI=1S/C10H14O2S/c1-7-5-9(13-4-3-11)6-8(2)10(7)12/h5-6,11-12H,3-4H2,1-2H3/p+1. The summed E-state index contributed by atoms with van der Waals surface area (Å²) >= 11 is 1.11. The van der Waals surface area contributed by atoms with Crippen LogP contribution in [-0.4, -0.2) is 22.6 Å². The van der Waals surface area contributed by atoms with Crippen molar-refractivity contribution in [2.45, 2.75) is 18.7 Å². The van der Waals surface area contributed by atoms with E-state index in [9.17, 15) is 5.11 Å². The predicted octanol–water partition coefficient (Wildman–Crippen LogP) is 1.18. The number of thiol groups is 1. The van der Waals surface area contributed by atoms with Gasteiger partial charge in [-0.25, -0.2) is 0 Å². The molecule has 0 radical (unpaired) electrons. The summed E-state index contributed by atoms with van der Waals surface area (Å²) in [6.07, 6.45) is 0. The van der Waals surface area contributed by atoms with Gasteiger partial charge < -0.3 is 10.2 Å². The molecule has 0 aliphatic carbocycles. The highest BCUT2D eigenvalue weighted by Gasteiger charge is 2.08. The SMILES string of the molecule is Cc1cc([SH+]CCO)cc(C)c1O. The Hall–Kier alpha value is -0.670. The number of aryl methyl sites for hydroxylation is 2. The second-order valence-corrected chi connectivity index (χ2v) is 4.31. The normalized spacial score (nSPS) is 10.4. The fourth-order valence-corrected chi connectivity index (χ4v) is 2.13. The van der Waals surface area contributed by atoms with Crippen molar-refractivity contribution in [2.24, 2.45) is 0 Å². The summed E-state index contributed by atoms with van der Waals surface area (Å²) in [5, 5.41) is 18.2. The summed E-state index contributed by atoms with van der Waals surface area (Å²) in [4.78, 5) is 1.15. The van der Waals surface area contributed by atoms with Gasteiger partial charge in [0.1, 0.15) is 11.5 Å². The summed E-state index contributed by atoms with van der Waals surface area (Å²) in [7, 11) is 0. The van der Waals surface area contributed by atoms with E-state index >= 15 is 0 Å². The Morgan fingerprint density at radius 1 is 1.23 bits per heavy atom. The summed E-state index contributed by atoms with van der Waals surface area (Å²) in [6, 6.07) is 3.92. The molecule has 1 aromatic rings. The first-order valence-corrected chi connectivity index (χ1v) is 5.31. The Bertz CT molecular complexity index is 274. The summed E-state index contributed by atoms with van der Waals surface area (Å²) in [5.74, 6) is 1.13. The third-order valence-corrected chi connectivity index (χ3v) is 2.92. The molecular formula is C10H15O2S+. The van der Waals surface area contributed by atoms with Crippen molar-refractivity contribution in [2.75, 3.05) is 12.4 Å². The van der Waals surface area contributed by atoms with E-state index in [1.165, 1.54) is 0 Å². The topological polar surface area (TPSA) is 40.5 Å². The molecular weight excluding hydrogens is 184 g/mol. The molecule has 3 heteroatoms. The number of benzene rings is 1. The summed E-state index contributed by atoms with van der Waals surface area (Å²) in [6.45, 7) is 3.99. The molecule has 0 fully saturated rings. The van der Waals surface area contributed by atoms with E-state index in [0.29, 0.717) is 5.75 Å². The first-order chi connectivity index (χ1) is 6.15. The number of phenols is 1. The van der Waals surface area contributed by atoms with Gasteiger partial charge in [-0.05, 0) is 37.1 Å². The zero-order chi connectivity index (χ0) is 9.84. The molecule has 0 saturated carbocycles. The fraction of sp³-hybridized carbons (Fsp3) is 0.400. The molecule has 0 atom stereocenters. The van der Waals surface area contributed by atoms with Crippen LogP contribution in [0.3, 0.4) is 0 Å². The number of aliphatic hydroxyl groups is 1. The van der Waals surface area contributed by atoms with E-state index < -0.39 is 0 Å². The van der Waals surface area contributed by atoms with E-state index in [2.05, 4.69) is 0 Å². The third-order valence-electron chi connectivity index (χ3n) is 1.87. The molecule has 0 unspecified atom stereocenters. The van der Waals surface area contributed by atoms with Crippen LogP contribution in [0.4, 0.5) is 0 Å². The maximum atomic E-state index is 9.50. The van der Waals surface area contributed by atoms with E-state index in [1.54, 1.807) is 0 Å². The zero-order valence-corrected chi connectivity index (χ0v) is 8.80. The molecule has 2 N–H and O–H groups in total. The molecule has 72 valence electrons. The molecule has 13 heavy (non-hydrogen) atoms. The van der Waals surface area contributed by atoms with Crippen molar-refractivity contribution in [3.63, 3.8) is 0 Å². The fourth-order valence-electron chi connectivity index (χ4n) is 1.20. The van der Waals surface area contributed by atoms with Crippen molar-refractivity contribution < 1.29 is 10.2 Å². The van der Waals surface area contributed by atoms with E-state index in [4.69, 9.17) is 5.11 Å². The lowest BCUT2D eigenvalue weighted by molar-refractivity contribution is 0.322. The van der Waals surface area contributed by atoms with Gasteiger partial charge in [0, 0.05) is 11.8 Å². The van der Waals surface area contributed by atoms with E-state index in [-0.39, 0.29) is 6.61 Å². The maximum absolute atomic E-state index is 9.50. The molecule has 1 rings (SSSR count). The lowest BCUT2D eigenvalue weighted by Crippen LogP contribution is -1.96. The quantitative estimate of drug-likeness (QED) is 0.567. The minimum absolute atomic E-state index is 0.209. The van der Waals surface area contributed by atoms with Gasteiger partial charge in [-0.1, -0.05) is 0 Å². The number of aromatic hydroxyl groups is 1. The van der Waals surface area contributed by atoms with Crippen LogP contribution in [0.5, 0.6) is 5.75 Å². The van der Waals surface area contributed by atoms with Gasteiger partial charge in [-0.3, -0.25) is 0 Å². The van der Waals surface area contributed by atoms with Gasteiger partial charge in [0.05, 0.1) is 6.61 Å². The molecule has 2 nitrogen and oxygen atoms in total. The molecule has 0 saturated heterocycles. The predicted molar refractivity (Wildman–Crippen MR) is 56.6 cm³/mol. The first kappa shape index (κ1) is 10.4. The molecule has 0 aromatic heterocycles. The molecule has 1 aromatic carbocycles. The second-order valence-electron chi connectivity index (χ2n) is 3.03. The largest absolute Gasteiger partial charge is 0.507 e. The Balaban J connectivity index is 2.86. The van der Waals surface area contributed by atoms with Crippen molar-refractivity contribution in [1.82, 2.24) is 0 Å². The third kappa shape index (κ3) is 2.64. The summed E-state index contributed by atoms with van der Waals surface area (Å²) < 4.78 is 0. The van der Waals surface area contributed by atoms with Crippen molar-refractivity contribution in [1.29, 1.82) is 0 Å². The Morgan fingerprint density at radius 2 is 1.77 bits per heavy atom. The zero-order valence-electron chi connectivity index (χ0n) is 7.91. The monoisotopic (exact) mass is 199 g/mol. The number of aliphatic hydroxyl groups excluding tert-OH is 1. The highest BCUT2D eigenvalue weighted by molar-refractivity contribution is 7.78. The smallest absolute Gasteiger partial charge is 0.153 e. The van der Waals surface area contributed by atoms with E-state index in [0.717, 1.165) is 33.5 Å². The van der Waals surface area contributed by atoms with Gasteiger partial charge in [-0.2, -0.15) is 0 Å². The van der Waals surface area contributed by atoms with E-state index in [1.807, 2.05) is 26.0 Å². The van der Waals surface area contributed by atoms with Crippen LogP contribution in [0.2, 0.25) is 0 Å². The lowest BCUT2D eigenvalue weighted by Gasteiger charge is -2.02. The van der Waals surface area contributed by atoms with Crippen LogP contribution in [0.25, 0.3) is 0 Å². The highest BCUT2D eigenvalue weighted by Crippen LogP contribution is 2.23. The van der Waals surface area contributed by atoms with Crippen LogP contribution in [0, 0.1) is 13.8 Å². The highest BCUT2D eigenvalue weighted by atomic mass is 32.2. The van der Waals surface area contributed by atoms with Crippen molar-refractivity contribution in [3.05, 3.63) is 23.3 Å². The molecule has 0 spiro atoms. The number of rotatable bonds is 3. The van der Waals surface area contributed by atoms with Crippen LogP contribution in [-0.2, 0) is 11.8 Å². The van der Waals surface area contributed by atoms with Crippen LogP contribution < -0.4 is 0 Å². The minimum atomic E-state index is 0.209. The van der Waals surface area contributed by atoms with Crippen LogP contribution >= 0.6 is 0 Å². The minimum Gasteiger partial charge on any atom is -0.507 e. The van der Waals surface area contributed by atoms with Gasteiger partial charge in [0.15, 0.2) is 4.90 Å². The number of phenolic OH excluding ortho intramolecular Hbond substituents is 1. The maximum Gasteiger partial charge on any atom is 0.153 e. The Kier molecular flexibility index (Phi) is 3.63. The van der Waals surface area contributed by atoms with Gasteiger partial charge >= 0.3 is 0 Å². The number of hydrogen-bond donors (Lipinski definition) is 2. The molecule has 0 heterocycles. The Labute approximate surface area is 82.6 Å². The van der Waals surface area contributed by atoms with Crippen molar-refractivity contribution in [3.8, 4) is 5.75 Å². The average Bonchev–Trinajstić information content (AvgIpc) is 2.10. The Morgan fingerprint density at radius 3 is 2.23 bits per heavy atom.